The Kier molecular flexibility index (Phi) is 6.25. The van der Waals surface area contributed by atoms with Crippen molar-refractivity contribution in [3.8, 4) is 0 Å². The van der Waals surface area contributed by atoms with Crippen LogP contribution in [-0.2, 0) is 11.2 Å². The Morgan fingerprint density at radius 1 is 1.20 bits per heavy atom. The van der Waals surface area contributed by atoms with Crippen LogP contribution in [0.5, 0.6) is 0 Å². The van der Waals surface area contributed by atoms with Gasteiger partial charge in [-0.2, -0.15) is 0 Å². The second-order valence-corrected chi connectivity index (χ2v) is 6.84. The van der Waals surface area contributed by atoms with Crippen LogP contribution in [-0.4, -0.2) is 5.91 Å². The fraction of sp³-hybridized carbons (Fsp3) is 0.611. The van der Waals surface area contributed by atoms with Gasteiger partial charge in [-0.1, -0.05) is 52.7 Å². The lowest BCUT2D eigenvalue weighted by atomic mass is 9.91. The van der Waals surface area contributed by atoms with E-state index in [1.165, 1.54) is 30.4 Å². The average molecular weight is 275 g/mol. The molecule has 0 saturated heterocycles. The van der Waals surface area contributed by atoms with Crippen LogP contribution in [0, 0.1) is 12.3 Å². The highest BCUT2D eigenvalue weighted by Gasteiger charge is 2.17. The van der Waals surface area contributed by atoms with Gasteiger partial charge < -0.3 is 5.32 Å². The zero-order valence-electron chi connectivity index (χ0n) is 13.7. The number of carbonyl (C=O) groups excluding carboxylic acids is 1. The van der Waals surface area contributed by atoms with Crippen molar-refractivity contribution in [2.24, 2.45) is 5.41 Å². The van der Waals surface area contributed by atoms with Crippen molar-refractivity contribution < 1.29 is 4.79 Å². The third kappa shape index (κ3) is 5.77. The topological polar surface area (TPSA) is 29.1 Å². The molecule has 0 bridgehead atoms. The largest absolute Gasteiger partial charge is 0.326 e. The molecule has 1 aromatic carbocycles. The molecule has 0 atom stereocenters. The van der Waals surface area contributed by atoms with E-state index in [1.807, 2.05) is 12.1 Å². The van der Waals surface area contributed by atoms with Crippen LogP contribution in [0.3, 0.4) is 0 Å². The van der Waals surface area contributed by atoms with E-state index >= 15 is 0 Å². The standard InChI is InChI=1S/C18H29NO/c1-6-7-8-11-15-14(2)10-9-12-16(15)19-17(20)13-18(3,4)5/h9-10,12H,6-8,11,13H2,1-5H3,(H,19,20). The van der Waals surface area contributed by atoms with Crippen molar-refractivity contribution in [3.05, 3.63) is 29.3 Å². The summed E-state index contributed by atoms with van der Waals surface area (Å²) in [6.07, 6.45) is 5.24. The first-order valence-electron chi connectivity index (χ1n) is 7.72. The van der Waals surface area contributed by atoms with Crippen molar-refractivity contribution in [1.29, 1.82) is 0 Å². The SMILES string of the molecule is CCCCCc1c(C)cccc1NC(=O)CC(C)(C)C. The third-order valence-corrected chi connectivity index (χ3v) is 3.41. The Hall–Kier alpha value is -1.31. The van der Waals surface area contributed by atoms with Gasteiger partial charge in [0.2, 0.25) is 5.91 Å². The number of nitrogens with one attached hydrogen (secondary N) is 1. The van der Waals surface area contributed by atoms with Crippen molar-refractivity contribution in [2.75, 3.05) is 5.32 Å². The minimum atomic E-state index is 0.0241. The van der Waals surface area contributed by atoms with Gasteiger partial charge in [-0.15, -0.1) is 0 Å². The van der Waals surface area contributed by atoms with Gasteiger partial charge in [-0.05, 0) is 42.4 Å². The molecule has 0 saturated carbocycles. The van der Waals surface area contributed by atoms with E-state index in [2.05, 4.69) is 46.0 Å². The molecule has 0 heterocycles. The lowest BCUT2D eigenvalue weighted by Crippen LogP contribution is -2.20. The zero-order chi connectivity index (χ0) is 15.2. The van der Waals surface area contributed by atoms with Crippen LogP contribution in [0.15, 0.2) is 18.2 Å². The van der Waals surface area contributed by atoms with Crippen LogP contribution in [0.1, 0.15) is 64.5 Å². The van der Waals surface area contributed by atoms with E-state index in [0.717, 1.165) is 12.1 Å². The molecule has 1 amide bonds. The molecule has 0 radical (unpaired) electrons. The smallest absolute Gasteiger partial charge is 0.224 e. The minimum Gasteiger partial charge on any atom is -0.326 e. The third-order valence-electron chi connectivity index (χ3n) is 3.41. The molecule has 2 nitrogen and oxygen atoms in total. The van der Waals surface area contributed by atoms with Crippen molar-refractivity contribution >= 4 is 11.6 Å². The quantitative estimate of drug-likeness (QED) is 0.719. The van der Waals surface area contributed by atoms with E-state index in [0.29, 0.717) is 6.42 Å². The molecule has 0 aromatic heterocycles. The van der Waals surface area contributed by atoms with Crippen LogP contribution in [0.25, 0.3) is 0 Å². The second-order valence-electron chi connectivity index (χ2n) is 6.84. The van der Waals surface area contributed by atoms with E-state index in [9.17, 15) is 4.79 Å². The molecule has 0 aliphatic carbocycles. The monoisotopic (exact) mass is 275 g/mol. The highest BCUT2D eigenvalue weighted by Crippen LogP contribution is 2.24. The number of benzene rings is 1. The molecule has 0 aliphatic heterocycles. The summed E-state index contributed by atoms with van der Waals surface area (Å²) in [6, 6.07) is 6.17. The van der Waals surface area contributed by atoms with E-state index < -0.39 is 0 Å². The Morgan fingerprint density at radius 2 is 1.90 bits per heavy atom. The van der Waals surface area contributed by atoms with Crippen molar-refractivity contribution in [2.45, 2.75) is 66.7 Å². The molecule has 1 aromatic rings. The molecule has 0 spiro atoms. The van der Waals surface area contributed by atoms with Gasteiger partial charge in [0, 0.05) is 12.1 Å². The summed E-state index contributed by atoms with van der Waals surface area (Å²) in [5.74, 6) is 0.111. The number of hydrogen-bond acceptors (Lipinski definition) is 1. The summed E-state index contributed by atoms with van der Waals surface area (Å²) in [4.78, 5) is 12.1. The summed E-state index contributed by atoms with van der Waals surface area (Å²) in [5, 5.41) is 3.10. The highest BCUT2D eigenvalue weighted by molar-refractivity contribution is 5.92. The normalized spacial score (nSPS) is 11.4. The van der Waals surface area contributed by atoms with Gasteiger partial charge in [0.15, 0.2) is 0 Å². The second kappa shape index (κ2) is 7.47. The molecular formula is C18H29NO. The number of amides is 1. The fourth-order valence-electron chi connectivity index (χ4n) is 2.38. The number of anilines is 1. The van der Waals surface area contributed by atoms with E-state index in [-0.39, 0.29) is 11.3 Å². The first-order valence-corrected chi connectivity index (χ1v) is 7.72. The highest BCUT2D eigenvalue weighted by atomic mass is 16.1. The summed E-state index contributed by atoms with van der Waals surface area (Å²) >= 11 is 0. The van der Waals surface area contributed by atoms with Gasteiger partial charge in [-0.3, -0.25) is 4.79 Å². The lowest BCUT2D eigenvalue weighted by molar-refractivity contribution is -0.117. The van der Waals surface area contributed by atoms with Crippen LogP contribution >= 0.6 is 0 Å². The number of unbranched alkanes of at least 4 members (excludes halogenated alkanes) is 2. The Balaban J connectivity index is 2.78. The van der Waals surface area contributed by atoms with Crippen LogP contribution in [0.2, 0.25) is 0 Å². The number of hydrogen-bond donors (Lipinski definition) is 1. The van der Waals surface area contributed by atoms with Gasteiger partial charge >= 0.3 is 0 Å². The molecule has 112 valence electrons. The van der Waals surface area contributed by atoms with Gasteiger partial charge in [0.1, 0.15) is 0 Å². The lowest BCUT2D eigenvalue weighted by Gasteiger charge is -2.19. The fourth-order valence-corrected chi connectivity index (χ4v) is 2.38. The maximum absolute atomic E-state index is 12.1. The molecule has 0 fully saturated rings. The van der Waals surface area contributed by atoms with Crippen molar-refractivity contribution in [1.82, 2.24) is 0 Å². The summed E-state index contributed by atoms with van der Waals surface area (Å²) < 4.78 is 0. The van der Waals surface area contributed by atoms with Crippen molar-refractivity contribution in [3.63, 3.8) is 0 Å². The summed E-state index contributed by atoms with van der Waals surface area (Å²) in [7, 11) is 0. The first kappa shape index (κ1) is 16.7. The molecule has 1 N–H and O–H groups in total. The predicted molar refractivity (Wildman–Crippen MR) is 87.1 cm³/mol. The van der Waals surface area contributed by atoms with Crippen LogP contribution in [0.4, 0.5) is 5.69 Å². The molecule has 1 rings (SSSR count). The van der Waals surface area contributed by atoms with Gasteiger partial charge in [-0.25, -0.2) is 0 Å². The first-order chi connectivity index (χ1) is 9.33. The Labute approximate surface area is 124 Å². The Bertz CT molecular complexity index is 443. The van der Waals surface area contributed by atoms with Gasteiger partial charge in [0.25, 0.3) is 0 Å². The molecule has 2 heteroatoms. The molecule has 20 heavy (non-hydrogen) atoms. The summed E-state index contributed by atoms with van der Waals surface area (Å²) in [5.41, 5.74) is 3.59. The maximum atomic E-state index is 12.1. The van der Waals surface area contributed by atoms with E-state index in [4.69, 9.17) is 0 Å². The average Bonchev–Trinajstić information content (AvgIpc) is 2.30. The summed E-state index contributed by atoms with van der Waals surface area (Å²) in [6.45, 7) is 10.6. The molecule has 0 aliphatic rings. The molecular weight excluding hydrogens is 246 g/mol. The number of aryl methyl sites for hydroxylation is 1. The number of rotatable bonds is 6. The maximum Gasteiger partial charge on any atom is 0.224 e. The zero-order valence-corrected chi connectivity index (χ0v) is 13.7. The number of carbonyl (C=O) groups is 1. The molecule has 0 unspecified atom stereocenters. The van der Waals surface area contributed by atoms with E-state index in [1.54, 1.807) is 0 Å². The Morgan fingerprint density at radius 3 is 2.50 bits per heavy atom. The minimum absolute atomic E-state index is 0.0241. The van der Waals surface area contributed by atoms with Gasteiger partial charge in [0.05, 0.1) is 0 Å². The van der Waals surface area contributed by atoms with Crippen LogP contribution < -0.4 is 5.32 Å². The predicted octanol–water partition coefficient (Wildman–Crippen LogP) is 5.10.